The largest absolute Gasteiger partial charge is 0.353 e. The second-order valence-electron chi connectivity index (χ2n) is 7.27. The van der Waals surface area contributed by atoms with E-state index in [2.05, 4.69) is 15.2 Å². The zero-order valence-electron chi connectivity index (χ0n) is 15.8. The van der Waals surface area contributed by atoms with Gasteiger partial charge in [-0.1, -0.05) is 23.7 Å². The molecule has 29 heavy (non-hydrogen) atoms. The van der Waals surface area contributed by atoms with E-state index in [1.54, 1.807) is 28.5 Å². The Labute approximate surface area is 176 Å². The SMILES string of the molecule is O=c1nc(N2CCNCC2)c2cc(Cl)c(-c3ccc(F)cc3)c3c2n1CCCS3. The first-order valence-corrected chi connectivity index (χ1v) is 11.1. The number of halogens is 2. The average molecular weight is 431 g/mol. The molecule has 0 spiro atoms. The summed E-state index contributed by atoms with van der Waals surface area (Å²) in [7, 11) is 0. The van der Waals surface area contributed by atoms with Gasteiger partial charge in [0.1, 0.15) is 11.6 Å². The molecular weight excluding hydrogens is 411 g/mol. The standard InChI is InChI=1S/C21H20ClFN4OS/c22-16-12-15-18-19(17(16)13-2-4-14(23)5-3-13)29-11-1-8-27(18)21(28)25-20(15)26-9-6-24-7-10-26/h2-5,12,24H,1,6-11H2. The van der Waals surface area contributed by atoms with Crippen LogP contribution in [-0.2, 0) is 6.54 Å². The van der Waals surface area contributed by atoms with Crippen LogP contribution in [-0.4, -0.2) is 41.5 Å². The summed E-state index contributed by atoms with van der Waals surface area (Å²) < 4.78 is 15.3. The lowest BCUT2D eigenvalue weighted by Gasteiger charge is -2.30. The summed E-state index contributed by atoms with van der Waals surface area (Å²) in [5.74, 6) is 1.30. The van der Waals surface area contributed by atoms with Gasteiger partial charge in [0.2, 0.25) is 0 Å². The first kappa shape index (κ1) is 18.9. The number of aryl methyl sites for hydroxylation is 1. The lowest BCUT2D eigenvalue weighted by molar-refractivity contribution is 0.582. The molecule has 2 aliphatic heterocycles. The first-order valence-electron chi connectivity index (χ1n) is 9.75. The van der Waals surface area contributed by atoms with Gasteiger partial charge in [-0.05, 0) is 35.9 Å². The number of nitrogens with one attached hydrogen (secondary N) is 1. The number of piperazine rings is 1. The van der Waals surface area contributed by atoms with Crippen molar-refractivity contribution in [3.63, 3.8) is 0 Å². The first-order chi connectivity index (χ1) is 14.1. The average Bonchev–Trinajstić information content (AvgIpc) is 2.96. The van der Waals surface area contributed by atoms with E-state index in [9.17, 15) is 9.18 Å². The fraction of sp³-hybridized carbons (Fsp3) is 0.333. The summed E-state index contributed by atoms with van der Waals surface area (Å²) in [5, 5.41) is 4.84. The summed E-state index contributed by atoms with van der Waals surface area (Å²) >= 11 is 8.50. The van der Waals surface area contributed by atoms with Crippen molar-refractivity contribution in [1.29, 1.82) is 0 Å². The molecule has 0 amide bonds. The molecule has 5 nitrogen and oxygen atoms in total. The van der Waals surface area contributed by atoms with Crippen molar-refractivity contribution in [1.82, 2.24) is 14.9 Å². The van der Waals surface area contributed by atoms with Crippen molar-refractivity contribution >= 4 is 40.1 Å². The van der Waals surface area contributed by atoms with E-state index in [1.165, 1.54) is 12.1 Å². The molecule has 1 aromatic heterocycles. The van der Waals surface area contributed by atoms with Gasteiger partial charge in [0.15, 0.2) is 0 Å². The van der Waals surface area contributed by atoms with Crippen molar-refractivity contribution in [2.75, 3.05) is 36.8 Å². The van der Waals surface area contributed by atoms with Crippen LogP contribution >= 0.6 is 23.4 Å². The van der Waals surface area contributed by atoms with E-state index in [0.29, 0.717) is 17.4 Å². The maximum Gasteiger partial charge on any atom is 0.350 e. The van der Waals surface area contributed by atoms with Crippen LogP contribution in [0.5, 0.6) is 0 Å². The van der Waals surface area contributed by atoms with Crippen molar-refractivity contribution < 1.29 is 4.39 Å². The molecule has 5 rings (SSSR count). The summed E-state index contributed by atoms with van der Waals surface area (Å²) in [6, 6.07) is 8.28. The molecule has 1 saturated heterocycles. The minimum Gasteiger partial charge on any atom is -0.353 e. The topological polar surface area (TPSA) is 50.2 Å². The zero-order valence-corrected chi connectivity index (χ0v) is 17.3. The smallest absolute Gasteiger partial charge is 0.350 e. The minimum atomic E-state index is -0.286. The molecule has 0 radical (unpaired) electrons. The second kappa shape index (κ2) is 7.63. The summed E-state index contributed by atoms with van der Waals surface area (Å²) in [5.41, 5.74) is 2.38. The number of hydrogen-bond acceptors (Lipinski definition) is 5. The molecule has 0 aliphatic carbocycles. The third-order valence-corrected chi connectivity index (χ3v) is 6.95. The number of hydrogen-bond donors (Lipinski definition) is 1. The highest BCUT2D eigenvalue weighted by molar-refractivity contribution is 7.99. The van der Waals surface area contributed by atoms with Crippen LogP contribution < -0.4 is 15.9 Å². The Hall–Kier alpha value is -2.09. The number of rotatable bonds is 2. The van der Waals surface area contributed by atoms with Crippen LogP contribution in [0.2, 0.25) is 5.02 Å². The van der Waals surface area contributed by atoms with Crippen LogP contribution in [0.15, 0.2) is 40.0 Å². The molecule has 2 aromatic carbocycles. The van der Waals surface area contributed by atoms with Crippen molar-refractivity contribution in [3.05, 3.63) is 51.7 Å². The molecule has 0 saturated carbocycles. The highest BCUT2D eigenvalue weighted by Gasteiger charge is 2.25. The van der Waals surface area contributed by atoms with Crippen molar-refractivity contribution in [2.45, 2.75) is 17.9 Å². The van der Waals surface area contributed by atoms with E-state index in [4.69, 9.17) is 11.6 Å². The quantitative estimate of drug-likeness (QED) is 0.670. The van der Waals surface area contributed by atoms with Crippen LogP contribution in [0.25, 0.3) is 22.0 Å². The lowest BCUT2D eigenvalue weighted by Crippen LogP contribution is -2.44. The second-order valence-corrected chi connectivity index (χ2v) is 8.79. The maximum atomic E-state index is 13.5. The highest BCUT2D eigenvalue weighted by Crippen LogP contribution is 2.45. The lowest BCUT2D eigenvalue weighted by atomic mass is 10.0. The van der Waals surface area contributed by atoms with E-state index >= 15 is 0 Å². The molecule has 3 aromatic rings. The molecule has 1 N–H and O–H groups in total. The Balaban J connectivity index is 1.83. The van der Waals surface area contributed by atoms with Crippen LogP contribution in [0, 0.1) is 5.82 Å². The van der Waals surface area contributed by atoms with Gasteiger partial charge in [0.05, 0.1) is 10.5 Å². The third-order valence-electron chi connectivity index (χ3n) is 5.47. The summed E-state index contributed by atoms with van der Waals surface area (Å²) in [6.07, 6.45) is 0.878. The maximum absolute atomic E-state index is 13.5. The molecule has 8 heteroatoms. The van der Waals surface area contributed by atoms with E-state index in [-0.39, 0.29) is 11.5 Å². The van der Waals surface area contributed by atoms with Crippen molar-refractivity contribution in [2.24, 2.45) is 0 Å². The normalized spacial score (nSPS) is 16.8. The fourth-order valence-electron chi connectivity index (χ4n) is 4.11. The highest BCUT2D eigenvalue weighted by atomic mass is 35.5. The Bertz CT molecular complexity index is 1140. The molecular formula is C21H20ClFN4OS. The summed E-state index contributed by atoms with van der Waals surface area (Å²) in [4.78, 5) is 20.6. The van der Waals surface area contributed by atoms with Crippen LogP contribution in [0.1, 0.15) is 6.42 Å². The van der Waals surface area contributed by atoms with Gasteiger partial charge in [-0.2, -0.15) is 4.98 Å². The van der Waals surface area contributed by atoms with E-state index in [1.807, 2.05) is 6.07 Å². The van der Waals surface area contributed by atoms with E-state index < -0.39 is 0 Å². The number of nitrogens with zero attached hydrogens (tertiary/aromatic N) is 3. The van der Waals surface area contributed by atoms with Crippen LogP contribution in [0.3, 0.4) is 0 Å². The monoisotopic (exact) mass is 430 g/mol. The van der Waals surface area contributed by atoms with Gasteiger partial charge >= 0.3 is 5.69 Å². The molecule has 0 atom stereocenters. The third kappa shape index (κ3) is 3.31. The molecule has 1 fully saturated rings. The predicted molar refractivity (Wildman–Crippen MR) is 117 cm³/mol. The van der Waals surface area contributed by atoms with Gasteiger partial charge in [0.25, 0.3) is 0 Å². The predicted octanol–water partition coefficient (Wildman–Crippen LogP) is 3.76. The molecule has 3 heterocycles. The Morgan fingerprint density at radius 3 is 2.66 bits per heavy atom. The summed E-state index contributed by atoms with van der Waals surface area (Å²) in [6.45, 7) is 3.94. The molecule has 150 valence electrons. The van der Waals surface area contributed by atoms with Gasteiger partial charge in [-0.3, -0.25) is 4.57 Å². The Morgan fingerprint density at radius 2 is 1.90 bits per heavy atom. The van der Waals surface area contributed by atoms with Gasteiger partial charge in [-0.15, -0.1) is 11.8 Å². The fourth-order valence-corrected chi connectivity index (χ4v) is 5.69. The Kier molecular flexibility index (Phi) is 4.97. The Morgan fingerprint density at radius 1 is 1.14 bits per heavy atom. The number of aromatic nitrogens is 2. The van der Waals surface area contributed by atoms with E-state index in [0.717, 1.165) is 65.3 Å². The van der Waals surface area contributed by atoms with Gasteiger partial charge < -0.3 is 10.2 Å². The van der Waals surface area contributed by atoms with Gasteiger partial charge in [-0.25, -0.2) is 9.18 Å². The van der Waals surface area contributed by atoms with Gasteiger partial charge in [0, 0.05) is 48.6 Å². The minimum absolute atomic E-state index is 0.220. The number of anilines is 1. The molecule has 0 unspecified atom stereocenters. The number of thioether (sulfide) groups is 1. The molecule has 2 aliphatic rings. The van der Waals surface area contributed by atoms with Crippen molar-refractivity contribution in [3.8, 4) is 11.1 Å². The van der Waals surface area contributed by atoms with Crippen LogP contribution in [0.4, 0.5) is 10.2 Å². The number of benzene rings is 2. The zero-order chi connectivity index (χ0) is 20.0. The molecule has 0 bridgehead atoms.